The van der Waals surface area contributed by atoms with Crippen LogP contribution in [0, 0.1) is 0 Å². The number of hydrogen-bond acceptors (Lipinski definition) is 4. The van der Waals surface area contributed by atoms with Gasteiger partial charge in [0.05, 0.1) is 11.6 Å². The van der Waals surface area contributed by atoms with E-state index in [9.17, 15) is 0 Å². The number of nitrogens with one attached hydrogen (secondary N) is 1. The van der Waals surface area contributed by atoms with Crippen LogP contribution in [0.1, 0.15) is 13.8 Å². The first-order chi connectivity index (χ1) is 7.26. The van der Waals surface area contributed by atoms with E-state index >= 15 is 0 Å². The molecule has 0 saturated carbocycles. The Morgan fingerprint density at radius 3 is 2.73 bits per heavy atom. The summed E-state index contributed by atoms with van der Waals surface area (Å²) >= 11 is 5.84. The lowest BCUT2D eigenvalue weighted by Crippen LogP contribution is -2.23. The van der Waals surface area contributed by atoms with Crippen molar-refractivity contribution in [3.63, 3.8) is 0 Å². The molecule has 5 nitrogen and oxygen atoms in total. The molecule has 2 aromatic heterocycles. The van der Waals surface area contributed by atoms with Gasteiger partial charge >= 0.3 is 0 Å². The second-order valence-electron chi connectivity index (χ2n) is 3.12. The number of nitrogens with zero attached hydrogens (tertiary/aromatic N) is 4. The second kappa shape index (κ2) is 4.02. The molecule has 0 aliphatic heterocycles. The summed E-state index contributed by atoms with van der Waals surface area (Å²) in [7, 11) is 0. The SMILES string of the molecule is CCN(CC)c1nc(Cl)nc2[nH]ncc12. The number of fused-ring (bicyclic) bond motifs is 1. The van der Waals surface area contributed by atoms with Gasteiger partial charge in [-0.25, -0.2) is 0 Å². The Balaban J connectivity index is 2.61. The summed E-state index contributed by atoms with van der Waals surface area (Å²) in [6.07, 6.45) is 1.72. The van der Waals surface area contributed by atoms with Crippen LogP contribution in [0.25, 0.3) is 11.0 Å². The fourth-order valence-electron chi connectivity index (χ4n) is 1.56. The van der Waals surface area contributed by atoms with Gasteiger partial charge in [-0.1, -0.05) is 0 Å². The molecule has 0 radical (unpaired) electrons. The fourth-order valence-corrected chi connectivity index (χ4v) is 1.72. The van der Waals surface area contributed by atoms with Gasteiger partial charge in [0.15, 0.2) is 5.65 Å². The minimum absolute atomic E-state index is 0.244. The van der Waals surface area contributed by atoms with Crippen molar-refractivity contribution in [3.8, 4) is 0 Å². The van der Waals surface area contributed by atoms with E-state index in [4.69, 9.17) is 11.6 Å². The monoisotopic (exact) mass is 225 g/mol. The maximum atomic E-state index is 5.84. The Hall–Kier alpha value is -1.36. The smallest absolute Gasteiger partial charge is 0.226 e. The molecule has 2 aromatic rings. The molecule has 0 fully saturated rings. The number of aromatic nitrogens is 4. The van der Waals surface area contributed by atoms with Crippen LogP contribution in [-0.4, -0.2) is 33.3 Å². The average Bonchev–Trinajstić information content (AvgIpc) is 2.67. The molecule has 2 heterocycles. The van der Waals surface area contributed by atoms with Gasteiger partial charge in [-0.05, 0) is 25.4 Å². The van der Waals surface area contributed by atoms with E-state index in [1.165, 1.54) is 0 Å². The molecule has 0 bridgehead atoms. The molecule has 0 amide bonds. The predicted octanol–water partition coefficient (Wildman–Crippen LogP) is 1.85. The third-order valence-electron chi connectivity index (χ3n) is 2.33. The topological polar surface area (TPSA) is 57.7 Å². The van der Waals surface area contributed by atoms with Crippen molar-refractivity contribution in [1.29, 1.82) is 0 Å². The standard InChI is InChI=1S/C9H12ClN5/c1-3-15(4-2)8-6-5-11-14-7(6)12-9(10)13-8/h5H,3-4H2,1-2H3,(H,11,12,13,14). The molecule has 1 N–H and O–H groups in total. The molecule has 0 saturated heterocycles. The third-order valence-corrected chi connectivity index (χ3v) is 2.49. The maximum Gasteiger partial charge on any atom is 0.226 e. The molecule has 15 heavy (non-hydrogen) atoms. The molecule has 0 atom stereocenters. The Bertz CT molecular complexity index is 462. The molecular formula is C9H12ClN5. The van der Waals surface area contributed by atoms with Crippen LogP contribution < -0.4 is 4.90 Å². The number of rotatable bonds is 3. The Morgan fingerprint density at radius 1 is 1.33 bits per heavy atom. The minimum atomic E-state index is 0.244. The molecule has 80 valence electrons. The van der Waals surface area contributed by atoms with Crippen molar-refractivity contribution in [1.82, 2.24) is 20.2 Å². The zero-order valence-corrected chi connectivity index (χ0v) is 9.41. The van der Waals surface area contributed by atoms with Gasteiger partial charge < -0.3 is 4.90 Å². The average molecular weight is 226 g/mol. The van der Waals surface area contributed by atoms with Crippen LogP contribution in [0.15, 0.2) is 6.20 Å². The van der Waals surface area contributed by atoms with E-state index in [-0.39, 0.29) is 5.28 Å². The summed E-state index contributed by atoms with van der Waals surface area (Å²) in [6, 6.07) is 0. The van der Waals surface area contributed by atoms with Crippen molar-refractivity contribution in [2.75, 3.05) is 18.0 Å². The van der Waals surface area contributed by atoms with Crippen LogP contribution in [0.4, 0.5) is 5.82 Å². The molecular weight excluding hydrogens is 214 g/mol. The molecule has 0 spiro atoms. The fraction of sp³-hybridized carbons (Fsp3) is 0.444. The van der Waals surface area contributed by atoms with Crippen LogP contribution >= 0.6 is 11.6 Å². The normalized spacial score (nSPS) is 10.9. The highest BCUT2D eigenvalue weighted by Crippen LogP contribution is 2.23. The van der Waals surface area contributed by atoms with Gasteiger partial charge in [0.1, 0.15) is 5.82 Å². The summed E-state index contributed by atoms with van der Waals surface area (Å²) in [4.78, 5) is 10.4. The number of H-pyrrole nitrogens is 1. The summed E-state index contributed by atoms with van der Waals surface area (Å²) < 4.78 is 0. The van der Waals surface area contributed by atoms with Crippen molar-refractivity contribution < 1.29 is 0 Å². The third kappa shape index (κ3) is 1.74. The zero-order valence-electron chi connectivity index (χ0n) is 8.66. The first-order valence-corrected chi connectivity index (χ1v) is 5.25. The van der Waals surface area contributed by atoms with Crippen molar-refractivity contribution >= 4 is 28.5 Å². The van der Waals surface area contributed by atoms with Crippen molar-refractivity contribution in [2.45, 2.75) is 13.8 Å². The molecule has 2 rings (SSSR count). The molecule has 0 unspecified atom stereocenters. The first kappa shape index (κ1) is 10.2. The van der Waals surface area contributed by atoms with E-state index in [1.807, 2.05) is 0 Å². The van der Waals surface area contributed by atoms with Crippen LogP contribution in [0.2, 0.25) is 5.28 Å². The number of anilines is 1. The lowest BCUT2D eigenvalue weighted by molar-refractivity contribution is 0.849. The van der Waals surface area contributed by atoms with Gasteiger partial charge in [-0.15, -0.1) is 0 Å². The Morgan fingerprint density at radius 2 is 2.07 bits per heavy atom. The van der Waals surface area contributed by atoms with Crippen LogP contribution in [0.3, 0.4) is 0 Å². The lowest BCUT2D eigenvalue weighted by Gasteiger charge is -2.19. The first-order valence-electron chi connectivity index (χ1n) is 4.87. The van der Waals surface area contributed by atoms with Crippen LogP contribution in [0.5, 0.6) is 0 Å². The number of hydrogen-bond donors (Lipinski definition) is 1. The highest BCUT2D eigenvalue weighted by molar-refractivity contribution is 6.28. The quantitative estimate of drug-likeness (QED) is 0.810. The van der Waals surface area contributed by atoms with E-state index in [2.05, 4.69) is 38.9 Å². The largest absolute Gasteiger partial charge is 0.356 e. The van der Waals surface area contributed by atoms with Gasteiger partial charge in [0.25, 0.3) is 0 Å². The zero-order chi connectivity index (χ0) is 10.8. The minimum Gasteiger partial charge on any atom is -0.356 e. The van der Waals surface area contributed by atoms with E-state index in [0.717, 1.165) is 24.3 Å². The van der Waals surface area contributed by atoms with E-state index in [1.54, 1.807) is 6.20 Å². The summed E-state index contributed by atoms with van der Waals surface area (Å²) in [5.41, 5.74) is 0.678. The lowest BCUT2D eigenvalue weighted by atomic mass is 10.3. The van der Waals surface area contributed by atoms with Crippen molar-refractivity contribution in [2.24, 2.45) is 0 Å². The summed E-state index contributed by atoms with van der Waals surface area (Å²) in [6.45, 7) is 5.91. The van der Waals surface area contributed by atoms with Crippen LogP contribution in [-0.2, 0) is 0 Å². The Kier molecular flexibility index (Phi) is 2.73. The number of aromatic amines is 1. The summed E-state index contributed by atoms with van der Waals surface area (Å²) in [5.74, 6) is 0.837. The van der Waals surface area contributed by atoms with E-state index < -0.39 is 0 Å². The van der Waals surface area contributed by atoms with Crippen molar-refractivity contribution in [3.05, 3.63) is 11.5 Å². The van der Waals surface area contributed by atoms with Gasteiger partial charge in [0.2, 0.25) is 5.28 Å². The molecule has 0 aromatic carbocycles. The van der Waals surface area contributed by atoms with Gasteiger partial charge in [0, 0.05) is 13.1 Å². The highest BCUT2D eigenvalue weighted by atomic mass is 35.5. The van der Waals surface area contributed by atoms with Gasteiger partial charge in [-0.2, -0.15) is 15.1 Å². The Labute approximate surface area is 92.5 Å². The highest BCUT2D eigenvalue weighted by Gasteiger charge is 2.12. The van der Waals surface area contributed by atoms with Gasteiger partial charge in [-0.3, -0.25) is 5.10 Å². The molecule has 0 aliphatic rings. The molecule has 6 heteroatoms. The predicted molar refractivity (Wildman–Crippen MR) is 60.3 cm³/mol. The molecule has 0 aliphatic carbocycles. The second-order valence-corrected chi connectivity index (χ2v) is 3.46. The number of halogens is 1. The maximum absolute atomic E-state index is 5.84. The van der Waals surface area contributed by atoms with E-state index in [0.29, 0.717) is 5.65 Å². The summed E-state index contributed by atoms with van der Waals surface area (Å²) in [5, 5.41) is 7.88.